The van der Waals surface area contributed by atoms with Gasteiger partial charge in [-0.25, -0.2) is 4.39 Å². The first-order chi connectivity index (χ1) is 12.1. The van der Waals surface area contributed by atoms with E-state index in [1.807, 2.05) is 30.3 Å². The maximum atomic E-state index is 13.2. The van der Waals surface area contributed by atoms with Crippen molar-refractivity contribution in [1.82, 2.24) is 4.90 Å². The van der Waals surface area contributed by atoms with Crippen molar-refractivity contribution in [2.75, 3.05) is 0 Å². The lowest BCUT2D eigenvalue weighted by Gasteiger charge is -2.32. The highest BCUT2D eigenvalue weighted by molar-refractivity contribution is 7.82. The fraction of sp³-hybridized carbons (Fsp3) is 0.250. The summed E-state index contributed by atoms with van der Waals surface area (Å²) in [4.78, 5) is 20.2. The Bertz CT molecular complexity index is 855. The Morgan fingerprint density at radius 3 is 2.32 bits per heavy atom. The molecule has 1 fully saturated rings. The van der Waals surface area contributed by atoms with Gasteiger partial charge in [-0.2, -0.15) is 0 Å². The van der Waals surface area contributed by atoms with E-state index in [0.29, 0.717) is 16.3 Å². The van der Waals surface area contributed by atoms with Crippen LogP contribution in [0.4, 0.5) is 4.39 Å². The van der Waals surface area contributed by atoms with Crippen molar-refractivity contribution < 1.29 is 9.18 Å². The number of benzene rings is 2. The average Bonchev–Trinajstić information content (AvgIpc) is 3.21. The zero-order valence-corrected chi connectivity index (χ0v) is 14.4. The van der Waals surface area contributed by atoms with E-state index in [4.69, 9.17) is 17.2 Å². The molecule has 0 radical (unpaired) electrons. The van der Waals surface area contributed by atoms with Crippen LogP contribution in [0.15, 0.2) is 59.6 Å². The second-order valence-electron chi connectivity index (χ2n) is 6.47. The summed E-state index contributed by atoms with van der Waals surface area (Å²) in [6, 6.07) is 15.3. The Kier molecular flexibility index (Phi) is 3.96. The van der Waals surface area contributed by atoms with Gasteiger partial charge >= 0.3 is 0 Å². The van der Waals surface area contributed by atoms with Gasteiger partial charge < -0.3 is 0 Å². The van der Waals surface area contributed by atoms with Crippen LogP contribution in [0.1, 0.15) is 41.6 Å². The summed E-state index contributed by atoms with van der Waals surface area (Å²) in [6.07, 6.45) is 3.63. The number of carbonyl (C=O) groups is 1. The number of hydrogen-bond acceptors (Lipinski definition) is 3. The molecule has 2 aromatic carbocycles. The van der Waals surface area contributed by atoms with Crippen LogP contribution < -0.4 is 0 Å². The van der Waals surface area contributed by atoms with Crippen LogP contribution in [-0.4, -0.2) is 27.2 Å². The van der Waals surface area contributed by atoms with Gasteiger partial charge in [0.1, 0.15) is 22.2 Å². The molecule has 1 saturated carbocycles. The van der Waals surface area contributed by atoms with Gasteiger partial charge in [0, 0.05) is 11.1 Å². The number of hydrogen-bond donors (Lipinski definition) is 0. The van der Waals surface area contributed by atoms with Crippen LogP contribution in [-0.2, 0) is 0 Å². The zero-order valence-electron chi connectivity index (χ0n) is 13.6. The fourth-order valence-corrected chi connectivity index (χ4v) is 4.08. The van der Waals surface area contributed by atoms with Crippen LogP contribution in [0, 0.1) is 5.82 Å². The largest absolute Gasteiger partial charge is 0.271 e. The Hall–Kier alpha value is -2.40. The third kappa shape index (κ3) is 2.68. The van der Waals surface area contributed by atoms with E-state index in [0.717, 1.165) is 31.2 Å². The average molecular weight is 352 g/mol. The van der Waals surface area contributed by atoms with Crippen LogP contribution in [0.2, 0.25) is 0 Å². The first-order valence-electron chi connectivity index (χ1n) is 8.40. The van der Waals surface area contributed by atoms with E-state index in [1.54, 1.807) is 4.90 Å². The minimum Gasteiger partial charge on any atom is -0.271 e. The molecule has 1 amide bonds. The van der Waals surface area contributed by atoms with Crippen molar-refractivity contribution in [2.24, 2.45) is 4.99 Å². The summed E-state index contributed by atoms with van der Waals surface area (Å²) < 4.78 is 13.2. The van der Waals surface area contributed by atoms with Gasteiger partial charge in [-0.3, -0.25) is 14.7 Å². The predicted molar refractivity (Wildman–Crippen MR) is 99.3 cm³/mol. The van der Waals surface area contributed by atoms with Crippen molar-refractivity contribution in [3.63, 3.8) is 0 Å². The van der Waals surface area contributed by atoms with Crippen molar-refractivity contribution in [3.8, 4) is 0 Å². The molecule has 0 unspecified atom stereocenters. The van der Waals surface area contributed by atoms with Gasteiger partial charge in [0.15, 0.2) is 0 Å². The second-order valence-corrected chi connectivity index (χ2v) is 6.86. The number of halogens is 1. The molecule has 0 aromatic heterocycles. The topological polar surface area (TPSA) is 32.7 Å². The minimum atomic E-state index is -0.590. The molecule has 4 rings (SSSR count). The summed E-state index contributed by atoms with van der Waals surface area (Å²) in [5.74, 6) is -0.570. The lowest BCUT2D eigenvalue weighted by molar-refractivity contribution is 0.0724. The lowest BCUT2D eigenvalue weighted by atomic mass is 10.1. The van der Waals surface area contributed by atoms with Crippen molar-refractivity contribution >= 4 is 28.8 Å². The molecule has 25 heavy (non-hydrogen) atoms. The van der Waals surface area contributed by atoms with Gasteiger partial charge in [-0.1, -0.05) is 42.5 Å². The molecule has 1 spiro atoms. The molecule has 1 aliphatic carbocycles. The Morgan fingerprint density at radius 2 is 1.68 bits per heavy atom. The minimum absolute atomic E-state index is 0.207. The third-order valence-corrected chi connectivity index (χ3v) is 5.26. The van der Waals surface area contributed by atoms with Crippen LogP contribution in [0.3, 0.4) is 0 Å². The third-order valence-electron chi connectivity index (χ3n) is 4.89. The number of nitrogens with zero attached hydrogens (tertiary/aromatic N) is 2. The quantitative estimate of drug-likeness (QED) is 0.752. The van der Waals surface area contributed by atoms with Gasteiger partial charge in [-0.15, -0.1) is 0 Å². The summed E-state index contributed by atoms with van der Waals surface area (Å²) >= 11 is 5.66. The molecule has 0 N–H and O–H groups in total. The molecule has 1 heterocycles. The second kappa shape index (κ2) is 6.15. The van der Waals surface area contributed by atoms with Crippen molar-refractivity contribution in [2.45, 2.75) is 31.3 Å². The standard InChI is InChI=1S/C20H17FN2OS/c21-16-10-8-15(9-11-16)18(24)23-19(25)17(14-6-2-1-3-7-14)22-20(23)12-4-5-13-20/h1-3,6-11H,4-5,12-13H2. The molecule has 2 aromatic rings. The number of aliphatic imine (C=N–C) groups is 1. The molecule has 3 nitrogen and oxygen atoms in total. The molecular weight excluding hydrogens is 335 g/mol. The summed E-state index contributed by atoms with van der Waals surface area (Å²) in [5, 5.41) is 0. The SMILES string of the molecule is O=C(c1ccc(F)cc1)N1C(=S)C(c2ccccc2)=NC12CCCC2. The predicted octanol–water partition coefficient (Wildman–Crippen LogP) is 4.37. The highest BCUT2D eigenvalue weighted by atomic mass is 32.1. The number of thiocarbonyl (C=S) groups is 1. The smallest absolute Gasteiger partial charge is 0.260 e. The summed E-state index contributed by atoms with van der Waals surface area (Å²) in [6.45, 7) is 0. The monoisotopic (exact) mass is 352 g/mol. The van der Waals surface area contributed by atoms with E-state index < -0.39 is 5.66 Å². The highest BCUT2D eigenvalue weighted by Crippen LogP contribution is 2.42. The Balaban J connectivity index is 1.76. The lowest BCUT2D eigenvalue weighted by Crippen LogP contribution is -2.48. The molecule has 5 heteroatoms. The highest BCUT2D eigenvalue weighted by Gasteiger charge is 2.50. The summed E-state index contributed by atoms with van der Waals surface area (Å²) in [5.41, 5.74) is 1.47. The van der Waals surface area contributed by atoms with Gasteiger partial charge in [0.05, 0.1) is 0 Å². The van der Waals surface area contributed by atoms with E-state index in [2.05, 4.69) is 0 Å². The van der Waals surface area contributed by atoms with Crippen molar-refractivity contribution in [1.29, 1.82) is 0 Å². The van der Waals surface area contributed by atoms with Crippen LogP contribution >= 0.6 is 12.2 Å². The van der Waals surface area contributed by atoms with Crippen LogP contribution in [0.25, 0.3) is 0 Å². The maximum Gasteiger partial charge on any atom is 0.260 e. The molecule has 126 valence electrons. The van der Waals surface area contributed by atoms with E-state index in [1.165, 1.54) is 24.3 Å². The Labute approximate surface area is 151 Å². The van der Waals surface area contributed by atoms with Gasteiger partial charge in [0.2, 0.25) is 0 Å². The number of amides is 1. The molecule has 1 aliphatic heterocycles. The molecule has 2 aliphatic rings. The maximum absolute atomic E-state index is 13.2. The zero-order chi connectivity index (χ0) is 17.4. The van der Waals surface area contributed by atoms with E-state index in [9.17, 15) is 9.18 Å². The normalized spacial score (nSPS) is 18.7. The van der Waals surface area contributed by atoms with Gasteiger partial charge in [-0.05, 0) is 49.9 Å². The molecule has 0 saturated heterocycles. The summed E-state index contributed by atoms with van der Waals surface area (Å²) in [7, 11) is 0. The molecular formula is C20H17FN2OS. The van der Waals surface area contributed by atoms with E-state index in [-0.39, 0.29) is 11.7 Å². The van der Waals surface area contributed by atoms with Gasteiger partial charge in [0.25, 0.3) is 5.91 Å². The number of carbonyl (C=O) groups excluding carboxylic acids is 1. The first kappa shape index (κ1) is 16.1. The van der Waals surface area contributed by atoms with Crippen molar-refractivity contribution in [3.05, 3.63) is 71.5 Å². The van der Waals surface area contributed by atoms with E-state index >= 15 is 0 Å². The molecule has 0 bridgehead atoms. The first-order valence-corrected chi connectivity index (χ1v) is 8.81. The fourth-order valence-electron chi connectivity index (χ4n) is 3.66. The molecule has 0 atom stereocenters. The number of rotatable bonds is 2. The van der Waals surface area contributed by atoms with Crippen LogP contribution in [0.5, 0.6) is 0 Å². The Morgan fingerprint density at radius 1 is 1.04 bits per heavy atom.